The number of nitrogens with one attached hydrogen (secondary N) is 1. The normalized spacial score (nSPS) is 12.5. The average Bonchev–Trinajstić information content (AvgIpc) is 2.69. The molecule has 1 rings (SSSR count). The van der Waals surface area contributed by atoms with Crippen molar-refractivity contribution in [3.63, 3.8) is 0 Å². The zero-order chi connectivity index (χ0) is 21.4. The molecule has 0 bridgehead atoms. The Hall–Kier alpha value is -2.97. The maximum atomic E-state index is 12.6. The molecule has 0 aliphatic rings. The highest BCUT2D eigenvalue weighted by molar-refractivity contribution is 5.98. The molecule has 9 heteroatoms. The topological polar surface area (TPSA) is 114 Å². The summed E-state index contributed by atoms with van der Waals surface area (Å²) >= 11 is 0. The third-order valence-corrected chi connectivity index (χ3v) is 4.25. The number of carbonyl (C=O) groups excluding carboxylic acids is 2. The van der Waals surface area contributed by atoms with Crippen molar-refractivity contribution in [1.29, 1.82) is 0 Å². The highest BCUT2D eigenvalue weighted by Gasteiger charge is 2.25. The van der Waals surface area contributed by atoms with E-state index in [1.165, 1.54) is 45.3 Å². The molecule has 0 unspecified atom stereocenters. The van der Waals surface area contributed by atoms with Gasteiger partial charge in [0.05, 0.1) is 27.2 Å². The Labute approximate surface area is 164 Å². The summed E-state index contributed by atoms with van der Waals surface area (Å²) in [6, 6.07) is 2.13. The summed E-state index contributed by atoms with van der Waals surface area (Å²) in [5.74, 6) is -1.57. The summed E-state index contributed by atoms with van der Waals surface area (Å²) < 4.78 is 15.7. The predicted octanol–water partition coefficient (Wildman–Crippen LogP) is 1.40. The van der Waals surface area contributed by atoms with Crippen molar-refractivity contribution in [2.75, 3.05) is 34.4 Å². The number of carboxylic acid groups (broad SMARTS) is 1. The number of rotatable bonds is 10. The largest absolute Gasteiger partial charge is 0.493 e. The summed E-state index contributed by atoms with van der Waals surface area (Å²) in [5, 5.41) is 11.7. The van der Waals surface area contributed by atoms with Gasteiger partial charge < -0.3 is 29.5 Å². The molecule has 1 aromatic carbocycles. The van der Waals surface area contributed by atoms with Crippen LogP contribution in [0.25, 0.3) is 0 Å². The molecule has 0 aromatic heterocycles. The molecule has 2 N–H and O–H groups in total. The van der Waals surface area contributed by atoms with Gasteiger partial charge in [-0.25, -0.2) is 0 Å². The monoisotopic (exact) mass is 396 g/mol. The van der Waals surface area contributed by atoms with Crippen molar-refractivity contribution < 1.29 is 33.7 Å². The Kier molecular flexibility index (Phi) is 8.56. The number of amides is 2. The van der Waals surface area contributed by atoms with E-state index in [-0.39, 0.29) is 18.0 Å². The van der Waals surface area contributed by atoms with Gasteiger partial charge in [-0.2, -0.15) is 0 Å². The highest BCUT2D eigenvalue weighted by Crippen LogP contribution is 2.38. The molecule has 0 heterocycles. The summed E-state index contributed by atoms with van der Waals surface area (Å²) in [4.78, 5) is 37.6. The Morgan fingerprint density at radius 3 is 2.00 bits per heavy atom. The molecule has 0 fully saturated rings. The molecule has 0 spiro atoms. The van der Waals surface area contributed by atoms with Gasteiger partial charge in [0.15, 0.2) is 11.5 Å². The van der Waals surface area contributed by atoms with Gasteiger partial charge in [0.1, 0.15) is 6.04 Å². The van der Waals surface area contributed by atoms with Crippen molar-refractivity contribution >= 4 is 17.8 Å². The van der Waals surface area contributed by atoms with E-state index in [0.717, 1.165) is 0 Å². The lowest BCUT2D eigenvalue weighted by Crippen LogP contribution is -2.48. The molecular formula is C19H28N2O7. The van der Waals surface area contributed by atoms with Crippen molar-refractivity contribution in [1.82, 2.24) is 10.2 Å². The van der Waals surface area contributed by atoms with Crippen LogP contribution >= 0.6 is 0 Å². The van der Waals surface area contributed by atoms with E-state index in [4.69, 9.17) is 19.3 Å². The Morgan fingerprint density at radius 2 is 1.61 bits per heavy atom. The number of nitrogens with zero attached hydrogens (tertiary/aromatic N) is 1. The van der Waals surface area contributed by atoms with Gasteiger partial charge in [-0.05, 0) is 26.0 Å². The number of aliphatic carboxylic acids is 1. The fraction of sp³-hybridized carbons (Fsp3) is 0.526. The third-order valence-electron chi connectivity index (χ3n) is 4.25. The lowest BCUT2D eigenvalue weighted by Gasteiger charge is -2.26. The minimum Gasteiger partial charge on any atom is -0.493 e. The number of carbonyl (C=O) groups is 3. The Balaban J connectivity index is 2.96. The maximum absolute atomic E-state index is 12.6. The molecular weight excluding hydrogens is 368 g/mol. The smallest absolute Gasteiger partial charge is 0.308 e. The molecule has 0 saturated heterocycles. The van der Waals surface area contributed by atoms with Crippen molar-refractivity contribution in [2.45, 2.75) is 26.8 Å². The van der Waals surface area contributed by atoms with Crippen molar-refractivity contribution in [3.8, 4) is 17.2 Å². The van der Waals surface area contributed by atoms with Crippen LogP contribution in [0.3, 0.4) is 0 Å². The van der Waals surface area contributed by atoms with E-state index in [1.807, 2.05) is 0 Å². The minimum absolute atomic E-state index is 0.0645. The second-order valence-electron chi connectivity index (χ2n) is 6.23. The molecule has 0 aliphatic carbocycles. The fourth-order valence-corrected chi connectivity index (χ4v) is 2.61. The number of likely N-dealkylation sites (N-methyl/N-ethyl adjacent to an activating group) is 1. The lowest BCUT2D eigenvalue weighted by molar-refractivity contribution is -0.143. The van der Waals surface area contributed by atoms with Crippen LogP contribution in [0.5, 0.6) is 17.2 Å². The molecule has 0 radical (unpaired) electrons. The van der Waals surface area contributed by atoms with E-state index in [2.05, 4.69) is 5.32 Å². The van der Waals surface area contributed by atoms with Crippen LogP contribution in [0.4, 0.5) is 0 Å². The quantitative estimate of drug-likeness (QED) is 0.614. The van der Waals surface area contributed by atoms with Crippen LogP contribution in [0.1, 0.15) is 31.1 Å². The zero-order valence-corrected chi connectivity index (χ0v) is 17.1. The van der Waals surface area contributed by atoms with E-state index < -0.39 is 23.8 Å². The number of hydrogen-bond acceptors (Lipinski definition) is 6. The van der Waals surface area contributed by atoms with Crippen LogP contribution < -0.4 is 19.5 Å². The van der Waals surface area contributed by atoms with Crippen LogP contribution in [-0.4, -0.2) is 68.3 Å². The number of benzene rings is 1. The second kappa shape index (κ2) is 10.4. The van der Waals surface area contributed by atoms with E-state index in [1.54, 1.807) is 13.8 Å². The van der Waals surface area contributed by atoms with Gasteiger partial charge in [-0.3, -0.25) is 14.4 Å². The van der Waals surface area contributed by atoms with Crippen LogP contribution in [0.2, 0.25) is 0 Å². The number of methoxy groups -OCH3 is 3. The molecule has 156 valence electrons. The number of carboxylic acids is 1. The maximum Gasteiger partial charge on any atom is 0.308 e. The molecule has 0 saturated carbocycles. The second-order valence-corrected chi connectivity index (χ2v) is 6.23. The average molecular weight is 396 g/mol. The standard InChI is InChI=1S/C19H28N2O7/c1-7-21(10-11(2)19(24)25)18(23)12(3)20-17(22)13-8-14(26-4)16(28-6)15(9-13)27-5/h8-9,11-12H,7,10H2,1-6H3,(H,20,22)(H,24,25)/t11-,12-/m1/s1. The number of hydrogen-bond donors (Lipinski definition) is 2. The van der Waals surface area contributed by atoms with Gasteiger partial charge in [-0.1, -0.05) is 6.92 Å². The Morgan fingerprint density at radius 1 is 1.07 bits per heavy atom. The summed E-state index contributed by atoms with van der Waals surface area (Å²) in [6.45, 7) is 5.22. The Bertz CT molecular complexity index is 695. The van der Waals surface area contributed by atoms with Crippen LogP contribution in [-0.2, 0) is 9.59 Å². The summed E-state index contributed by atoms with van der Waals surface area (Å²) in [5.41, 5.74) is 0.233. The van der Waals surface area contributed by atoms with Crippen LogP contribution in [0.15, 0.2) is 12.1 Å². The summed E-state index contributed by atoms with van der Waals surface area (Å²) in [7, 11) is 4.33. The van der Waals surface area contributed by atoms with Gasteiger partial charge in [0.25, 0.3) is 5.91 Å². The van der Waals surface area contributed by atoms with Gasteiger partial charge in [-0.15, -0.1) is 0 Å². The molecule has 28 heavy (non-hydrogen) atoms. The highest BCUT2D eigenvalue weighted by atomic mass is 16.5. The van der Waals surface area contributed by atoms with Gasteiger partial charge in [0.2, 0.25) is 11.7 Å². The first-order valence-corrected chi connectivity index (χ1v) is 8.82. The predicted molar refractivity (Wildman–Crippen MR) is 102 cm³/mol. The van der Waals surface area contributed by atoms with E-state index >= 15 is 0 Å². The SMILES string of the molecule is CCN(C[C@@H](C)C(=O)O)C(=O)[C@@H](C)NC(=O)c1cc(OC)c(OC)c(OC)c1. The zero-order valence-electron chi connectivity index (χ0n) is 17.1. The number of ether oxygens (including phenoxy) is 3. The van der Waals surface area contributed by atoms with Gasteiger partial charge in [0, 0.05) is 18.7 Å². The van der Waals surface area contributed by atoms with Crippen molar-refractivity contribution in [2.24, 2.45) is 5.92 Å². The fourth-order valence-electron chi connectivity index (χ4n) is 2.61. The first kappa shape index (κ1) is 23.1. The molecule has 1 aromatic rings. The van der Waals surface area contributed by atoms with Crippen molar-refractivity contribution in [3.05, 3.63) is 17.7 Å². The minimum atomic E-state index is -0.986. The first-order chi connectivity index (χ1) is 13.2. The molecule has 0 aliphatic heterocycles. The van der Waals surface area contributed by atoms with E-state index in [0.29, 0.717) is 23.8 Å². The lowest BCUT2D eigenvalue weighted by atomic mass is 10.1. The van der Waals surface area contributed by atoms with Gasteiger partial charge >= 0.3 is 5.97 Å². The molecule has 9 nitrogen and oxygen atoms in total. The molecule has 2 amide bonds. The van der Waals surface area contributed by atoms with E-state index in [9.17, 15) is 14.4 Å². The first-order valence-electron chi connectivity index (χ1n) is 8.82. The third kappa shape index (κ3) is 5.51. The molecule has 2 atom stereocenters. The van der Waals surface area contributed by atoms with Crippen LogP contribution in [0, 0.1) is 5.92 Å². The summed E-state index contributed by atoms with van der Waals surface area (Å²) in [6.07, 6.45) is 0.